The molecule has 0 unspecified atom stereocenters. The maximum atomic E-state index is 8.74. The Kier molecular flexibility index (Phi) is 4.77. The first-order valence-electron chi connectivity index (χ1n) is 6.55. The first kappa shape index (κ1) is 15.0. The Bertz CT molecular complexity index is 501. The minimum atomic E-state index is 0.0562. The predicted molar refractivity (Wildman–Crippen MR) is 82.7 cm³/mol. The van der Waals surface area contributed by atoms with Crippen LogP contribution in [0.1, 0.15) is 24.0 Å². The molecule has 5 nitrogen and oxygen atoms in total. The van der Waals surface area contributed by atoms with Crippen molar-refractivity contribution in [3.8, 4) is 5.75 Å². The van der Waals surface area contributed by atoms with Crippen LogP contribution in [0, 0.1) is 0 Å². The molecule has 1 aliphatic rings. The molecule has 4 N–H and O–H groups in total. The Morgan fingerprint density at radius 3 is 2.85 bits per heavy atom. The normalized spacial score (nSPS) is 17.0. The van der Waals surface area contributed by atoms with Crippen molar-refractivity contribution in [2.24, 2.45) is 10.9 Å². The molecule has 0 aliphatic heterocycles. The fourth-order valence-electron chi connectivity index (χ4n) is 2.14. The van der Waals surface area contributed by atoms with Crippen LogP contribution < -0.4 is 15.8 Å². The van der Waals surface area contributed by atoms with E-state index in [2.05, 4.69) is 16.7 Å². The van der Waals surface area contributed by atoms with Crippen molar-refractivity contribution in [3.63, 3.8) is 0 Å². The lowest BCUT2D eigenvalue weighted by Crippen LogP contribution is -2.25. The number of amidine groups is 1. The van der Waals surface area contributed by atoms with Crippen LogP contribution >= 0.6 is 11.8 Å². The zero-order valence-electron chi connectivity index (χ0n) is 11.8. The van der Waals surface area contributed by atoms with E-state index < -0.39 is 0 Å². The van der Waals surface area contributed by atoms with Gasteiger partial charge in [-0.15, -0.1) is 0 Å². The lowest BCUT2D eigenvalue weighted by molar-refractivity contribution is 0.318. The van der Waals surface area contributed by atoms with E-state index in [1.165, 1.54) is 12.8 Å². The number of nitrogens with one attached hydrogen (secondary N) is 1. The van der Waals surface area contributed by atoms with Crippen LogP contribution in [0.2, 0.25) is 0 Å². The number of benzene rings is 1. The lowest BCUT2D eigenvalue weighted by Gasteiger charge is -2.14. The molecule has 1 fully saturated rings. The van der Waals surface area contributed by atoms with Gasteiger partial charge in [-0.3, -0.25) is 0 Å². The average molecular weight is 295 g/mol. The molecule has 0 amide bonds. The van der Waals surface area contributed by atoms with Crippen molar-refractivity contribution in [2.45, 2.75) is 24.1 Å². The zero-order valence-corrected chi connectivity index (χ0v) is 12.7. The van der Waals surface area contributed by atoms with Crippen molar-refractivity contribution in [2.75, 3.05) is 19.9 Å². The first-order chi connectivity index (χ1) is 9.64. The third-order valence-electron chi connectivity index (χ3n) is 3.67. The molecule has 0 atom stereocenters. The molecule has 0 bridgehead atoms. The Morgan fingerprint density at radius 1 is 1.55 bits per heavy atom. The Morgan fingerprint density at radius 2 is 2.30 bits per heavy atom. The van der Waals surface area contributed by atoms with Crippen molar-refractivity contribution >= 4 is 17.6 Å². The topological polar surface area (TPSA) is 79.9 Å². The monoisotopic (exact) mass is 295 g/mol. The molecule has 20 heavy (non-hydrogen) atoms. The summed E-state index contributed by atoms with van der Waals surface area (Å²) in [5, 5.41) is 15.2. The molecule has 1 saturated carbocycles. The maximum Gasteiger partial charge on any atom is 0.173 e. The van der Waals surface area contributed by atoms with E-state index in [0.29, 0.717) is 16.1 Å². The highest BCUT2D eigenvalue weighted by molar-refractivity contribution is 8.00. The van der Waals surface area contributed by atoms with Crippen molar-refractivity contribution in [3.05, 3.63) is 29.3 Å². The summed E-state index contributed by atoms with van der Waals surface area (Å²) in [5.74, 6) is 0.672. The van der Waals surface area contributed by atoms with Crippen LogP contribution in [0.3, 0.4) is 0 Å². The molecule has 2 rings (SSSR count). The summed E-state index contributed by atoms with van der Waals surface area (Å²) in [5.41, 5.74) is 7.32. The largest absolute Gasteiger partial charge is 0.496 e. The van der Waals surface area contributed by atoms with Crippen LogP contribution in [0.25, 0.3) is 0 Å². The molecule has 1 aromatic carbocycles. The van der Waals surface area contributed by atoms with Gasteiger partial charge in [0.05, 0.1) is 12.7 Å². The number of oxime groups is 1. The second kappa shape index (κ2) is 6.37. The molecular formula is C14H21N3O2S. The maximum absolute atomic E-state index is 8.74. The van der Waals surface area contributed by atoms with Gasteiger partial charge in [0.15, 0.2) is 5.84 Å². The van der Waals surface area contributed by atoms with E-state index in [4.69, 9.17) is 15.7 Å². The quantitative estimate of drug-likeness (QED) is 0.309. The number of hydrogen-bond acceptors (Lipinski definition) is 5. The Hall–Kier alpha value is -1.40. The summed E-state index contributed by atoms with van der Waals surface area (Å²) in [7, 11) is 1.58. The molecule has 0 spiro atoms. The summed E-state index contributed by atoms with van der Waals surface area (Å²) >= 11 is 1.94. The third-order valence-corrected chi connectivity index (χ3v) is 5.09. The Labute approximate surface area is 123 Å². The van der Waals surface area contributed by atoms with Crippen LogP contribution in [-0.2, 0) is 6.54 Å². The van der Waals surface area contributed by atoms with Crippen LogP contribution in [0.15, 0.2) is 23.4 Å². The number of rotatable bonds is 7. The Balaban J connectivity index is 1.99. The first-order valence-corrected chi connectivity index (χ1v) is 7.77. The summed E-state index contributed by atoms with van der Waals surface area (Å²) < 4.78 is 5.74. The molecule has 6 heteroatoms. The minimum absolute atomic E-state index is 0.0562. The smallest absolute Gasteiger partial charge is 0.173 e. The van der Waals surface area contributed by atoms with Gasteiger partial charge in [-0.25, -0.2) is 0 Å². The van der Waals surface area contributed by atoms with E-state index in [1.807, 2.05) is 30.0 Å². The van der Waals surface area contributed by atoms with Crippen molar-refractivity contribution in [1.82, 2.24) is 5.32 Å². The minimum Gasteiger partial charge on any atom is -0.496 e. The van der Waals surface area contributed by atoms with Gasteiger partial charge in [0.25, 0.3) is 0 Å². The molecule has 0 heterocycles. The zero-order chi connectivity index (χ0) is 14.6. The molecule has 0 aromatic heterocycles. The van der Waals surface area contributed by atoms with Gasteiger partial charge in [0, 0.05) is 17.8 Å². The van der Waals surface area contributed by atoms with E-state index in [9.17, 15) is 0 Å². The second-order valence-electron chi connectivity index (χ2n) is 5.01. The summed E-state index contributed by atoms with van der Waals surface area (Å²) in [6.07, 6.45) is 4.77. The number of nitrogens with two attached hydrogens (primary N) is 1. The SMILES string of the molecule is COc1cc(CNCC2(SC)CC2)ccc1/C(N)=N/O. The highest BCUT2D eigenvalue weighted by atomic mass is 32.2. The van der Waals surface area contributed by atoms with Gasteiger partial charge in [-0.2, -0.15) is 11.8 Å². The average Bonchev–Trinajstić information content (AvgIpc) is 3.26. The number of thioether (sulfide) groups is 1. The number of nitrogens with zero attached hydrogens (tertiary/aromatic N) is 1. The van der Waals surface area contributed by atoms with Gasteiger partial charge in [-0.05, 0) is 36.8 Å². The third kappa shape index (κ3) is 3.37. The summed E-state index contributed by atoms with van der Waals surface area (Å²) in [6.45, 7) is 1.81. The standard InChI is InChI=1S/C14H21N3O2S/c1-19-12-7-10(3-4-11(12)13(15)17-18)8-16-9-14(20-2)5-6-14/h3-4,7,16,18H,5-6,8-9H2,1-2H3,(H2,15,17). The fourth-order valence-corrected chi connectivity index (χ4v) is 2.89. The number of methoxy groups -OCH3 is 1. The van der Waals surface area contributed by atoms with Crippen LogP contribution in [-0.4, -0.2) is 35.7 Å². The number of ether oxygens (including phenoxy) is 1. The molecular weight excluding hydrogens is 274 g/mol. The summed E-state index contributed by atoms with van der Waals surface area (Å²) in [6, 6.07) is 5.69. The van der Waals surface area contributed by atoms with Crippen molar-refractivity contribution in [1.29, 1.82) is 0 Å². The van der Waals surface area contributed by atoms with E-state index >= 15 is 0 Å². The highest BCUT2D eigenvalue weighted by Gasteiger charge is 2.41. The molecule has 0 saturated heterocycles. The van der Waals surface area contributed by atoms with E-state index in [0.717, 1.165) is 18.7 Å². The van der Waals surface area contributed by atoms with E-state index in [1.54, 1.807) is 7.11 Å². The van der Waals surface area contributed by atoms with Gasteiger partial charge < -0.3 is 21.0 Å². The number of hydrogen-bond donors (Lipinski definition) is 3. The molecule has 1 aliphatic carbocycles. The van der Waals surface area contributed by atoms with Gasteiger partial charge in [-0.1, -0.05) is 11.2 Å². The molecule has 110 valence electrons. The fraction of sp³-hybridized carbons (Fsp3) is 0.500. The molecule has 0 radical (unpaired) electrons. The molecule has 1 aromatic rings. The van der Waals surface area contributed by atoms with Crippen LogP contribution in [0.4, 0.5) is 0 Å². The summed E-state index contributed by atoms with van der Waals surface area (Å²) in [4.78, 5) is 0. The van der Waals surface area contributed by atoms with Crippen LogP contribution in [0.5, 0.6) is 5.75 Å². The lowest BCUT2D eigenvalue weighted by atomic mass is 10.1. The van der Waals surface area contributed by atoms with Crippen molar-refractivity contribution < 1.29 is 9.94 Å². The van der Waals surface area contributed by atoms with Gasteiger partial charge in [0.2, 0.25) is 0 Å². The van der Waals surface area contributed by atoms with Gasteiger partial charge >= 0.3 is 0 Å². The van der Waals surface area contributed by atoms with E-state index in [-0.39, 0.29) is 5.84 Å². The van der Waals surface area contributed by atoms with Gasteiger partial charge in [0.1, 0.15) is 5.75 Å². The highest BCUT2D eigenvalue weighted by Crippen LogP contribution is 2.46. The second-order valence-corrected chi connectivity index (χ2v) is 6.28. The predicted octanol–water partition coefficient (Wildman–Crippen LogP) is 1.77.